The molecule has 1 N–H and O–H groups in total. The van der Waals surface area contributed by atoms with Gasteiger partial charge < -0.3 is 5.32 Å². The Kier molecular flexibility index (Phi) is 11.2. The van der Waals surface area contributed by atoms with Crippen LogP contribution in [-0.2, 0) is 6.42 Å². The van der Waals surface area contributed by atoms with Crippen molar-refractivity contribution in [2.24, 2.45) is 0 Å². The highest BCUT2D eigenvalue weighted by atomic mass is 35.5. The van der Waals surface area contributed by atoms with Crippen LogP contribution in [0.25, 0.3) is 0 Å². The van der Waals surface area contributed by atoms with E-state index in [1.807, 2.05) is 0 Å². The fourth-order valence-electron chi connectivity index (χ4n) is 2.93. The van der Waals surface area contributed by atoms with Crippen molar-refractivity contribution in [3.8, 4) is 0 Å². The van der Waals surface area contributed by atoms with E-state index >= 15 is 0 Å². The summed E-state index contributed by atoms with van der Waals surface area (Å²) in [4.78, 5) is 2.66. The van der Waals surface area contributed by atoms with Crippen LogP contribution in [0.5, 0.6) is 0 Å². The molecule has 1 aromatic rings. The lowest BCUT2D eigenvalue weighted by atomic mass is 9.97. The van der Waals surface area contributed by atoms with Crippen molar-refractivity contribution in [3.05, 3.63) is 35.4 Å². The Bertz CT molecular complexity index is 362. The van der Waals surface area contributed by atoms with Gasteiger partial charge in [-0.25, -0.2) is 0 Å². The smallest absolute Gasteiger partial charge is 0.0349 e. The van der Waals surface area contributed by atoms with Gasteiger partial charge in [0.1, 0.15) is 0 Å². The van der Waals surface area contributed by atoms with Crippen molar-refractivity contribution in [2.75, 3.05) is 26.2 Å². The van der Waals surface area contributed by atoms with E-state index in [-0.39, 0.29) is 24.8 Å². The molecule has 0 bridgehead atoms. The van der Waals surface area contributed by atoms with Crippen LogP contribution >= 0.6 is 24.8 Å². The molecule has 1 aliphatic rings. The highest BCUT2D eigenvalue weighted by Gasteiger charge is 2.21. The third-order valence-electron chi connectivity index (χ3n) is 4.20. The summed E-state index contributed by atoms with van der Waals surface area (Å²) in [6.45, 7) is 9.15. The number of piperazine rings is 1. The lowest BCUT2D eigenvalue weighted by molar-refractivity contribution is 0.163. The van der Waals surface area contributed by atoms with Crippen molar-refractivity contribution in [3.63, 3.8) is 0 Å². The summed E-state index contributed by atoms with van der Waals surface area (Å²) in [5, 5.41) is 3.45. The third-order valence-corrected chi connectivity index (χ3v) is 4.20. The van der Waals surface area contributed by atoms with Crippen molar-refractivity contribution in [2.45, 2.75) is 45.6 Å². The molecule has 0 saturated carbocycles. The molecule has 122 valence electrons. The quantitative estimate of drug-likeness (QED) is 0.838. The number of hydrogen-bond donors (Lipinski definition) is 1. The third kappa shape index (κ3) is 6.15. The molecule has 21 heavy (non-hydrogen) atoms. The maximum atomic E-state index is 3.45. The van der Waals surface area contributed by atoms with E-state index in [2.05, 4.69) is 48.3 Å². The molecule has 0 aromatic heterocycles. The molecular weight excluding hydrogens is 303 g/mol. The van der Waals surface area contributed by atoms with Crippen LogP contribution in [-0.4, -0.2) is 31.1 Å². The van der Waals surface area contributed by atoms with Gasteiger partial charge in [0.25, 0.3) is 0 Å². The molecule has 2 rings (SSSR count). The van der Waals surface area contributed by atoms with Gasteiger partial charge in [-0.3, -0.25) is 4.90 Å². The zero-order chi connectivity index (χ0) is 13.5. The molecule has 2 nitrogen and oxygen atoms in total. The van der Waals surface area contributed by atoms with Gasteiger partial charge in [-0.15, -0.1) is 24.8 Å². The monoisotopic (exact) mass is 332 g/mol. The molecule has 0 aliphatic carbocycles. The van der Waals surface area contributed by atoms with Crippen LogP contribution in [0, 0.1) is 0 Å². The van der Waals surface area contributed by atoms with Gasteiger partial charge in [-0.1, -0.05) is 51.0 Å². The van der Waals surface area contributed by atoms with Crippen LogP contribution in [0.3, 0.4) is 0 Å². The summed E-state index contributed by atoms with van der Waals surface area (Å²) in [5.74, 6) is 0. The number of hydrogen-bond acceptors (Lipinski definition) is 2. The topological polar surface area (TPSA) is 15.3 Å². The number of nitrogens with zero attached hydrogens (tertiary/aromatic N) is 1. The average molecular weight is 333 g/mol. The van der Waals surface area contributed by atoms with Crippen LogP contribution in [0.2, 0.25) is 0 Å². The second kappa shape index (κ2) is 11.3. The van der Waals surface area contributed by atoms with E-state index in [0.717, 1.165) is 19.5 Å². The van der Waals surface area contributed by atoms with Crippen molar-refractivity contribution in [1.82, 2.24) is 10.2 Å². The van der Waals surface area contributed by atoms with Crippen molar-refractivity contribution < 1.29 is 0 Å². The van der Waals surface area contributed by atoms with Crippen molar-refractivity contribution >= 4 is 24.8 Å². The van der Waals surface area contributed by atoms with E-state index in [0.29, 0.717) is 6.04 Å². The van der Waals surface area contributed by atoms with Crippen molar-refractivity contribution in [1.29, 1.82) is 0 Å². The molecule has 1 fully saturated rings. The zero-order valence-electron chi connectivity index (χ0n) is 13.3. The molecule has 1 aliphatic heterocycles. The van der Waals surface area contributed by atoms with Crippen LogP contribution in [0.4, 0.5) is 0 Å². The summed E-state index contributed by atoms with van der Waals surface area (Å²) in [7, 11) is 0. The number of unbranched alkanes of at least 4 members (excludes halogenated alkanes) is 1. The van der Waals surface area contributed by atoms with E-state index in [1.165, 1.54) is 43.5 Å². The summed E-state index contributed by atoms with van der Waals surface area (Å²) < 4.78 is 0. The first kappa shape index (κ1) is 20.7. The second-order valence-electron chi connectivity index (χ2n) is 5.54. The Morgan fingerprint density at radius 3 is 2.19 bits per heavy atom. The highest BCUT2D eigenvalue weighted by molar-refractivity contribution is 5.85. The lowest BCUT2D eigenvalue weighted by Gasteiger charge is -2.35. The maximum absolute atomic E-state index is 3.45. The molecule has 0 unspecified atom stereocenters. The SMILES string of the molecule is CCCC[C@@H](c1ccc(CC)cc1)N1CCNCC1.Cl.Cl. The fraction of sp³-hybridized carbons (Fsp3) is 0.647. The Hall–Kier alpha value is -0.280. The Morgan fingerprint density at radius 1 is 1.05 bits per heavy atom. The predicted octanol–water partition coefficient (Wildman–Crippen LogP) is 4.23. The minimum absolute atomic E-state index is 0. The number of benzene rings is 1. The Morgan fingerprint density at radius 2 is 1.67 bits per heavy atom. The minimum atomic E-state index is 0. The van der Waals surface area contributed by atoms with E-state index < -0.39 is 0 Å². The fourth-order valence-corrected chi connectivity index (χ4v) is 2.93. The van der Waals surface area contributed by atoms with Crippen LogP contribution in [0.1, 0.15) is 50.3 Å². The molecule has 1 atom stereocenters. The van der Waals surface area contributed by atoms with Gasteiger partial charge >= 0.3 is 0 Å². The molecule has 1 heterocycles. The first-order valence-corrected chi connectivity index (χ1v) is 7.88. The van der Waals surface area contributed by atoms with E-state index in [4.69, 9.17) is 0 Å². The maximum Gasteiger partial charge on any atom is 0.0349 e. The molecular formula is C17H30Cl2N2. The number of nitrogens with one attached hydrogen (secondary N) is 1. The van der Waals surface area contributed by atoms with Gasteiger partial charge in [0.2, 0.25) is 0 Å². The summed E-state index contributed by atoms with van der Waals surface area (Å²) in [5.41, 5.74) is 2.95. The van der Waals surface area contributed by atoms with Gasteiger partial charge in [0.15, 0.2) is 0 Å². The second-order valence-corrected chi connectivity index (χ2v) is 5.54. The number of rotatable bonds is 6. The average Bonchev–Trinajstić information content (AvgIpc) is 2.49. The lowest BCUT2D eigenvalue weighted by Crippen LogP contribution is -2.45. The molecule has 4 heteroatoms. The summed E-state index contributed by atoms with van der Waals surface area (Å²) in [6.07, 6.45) is 5.04. The van der Waals surface area contributed by atoms with Crippen LogP contribution in [0.15, 0.2) is 24.3 Å². The molecule has 1 saturated heterocycles. The molecule has 1 aromatic carbocycles. The first-order chi connectivity index (χ1) is 9.35. The standard InChI is InChI=1S/C17H28N2.2ClH/c1-3-5-6-17(19-13-11-18-12-14-19)16-9-7-15(4-2)8-10-16;;/h7-10,17-18H,3-6,11-14H2,1-2H3;2*1H/t17-;;/m0../s1. The van der Waals surface area contributed by atoms with E-state index in [9.17, 15) is 0 Å². The van der Waals surface area contributed by atoms with Gasteiger partial charge in [0, 0.05) is 32.2 Å². The molecule has 0 spiro atoms. The van der Waals surface area contributed by atoms with Crippen LogP contribution < -0.4 is 5.32 Å². The Balaban J connectivity index is 0.00000200. The largest absolute Gasteiger partial charge is 0.314 e. The first-order valence-electron chi connectivity index (χ1n) is 7.88. The van der Waals surface area contributed by atoms with Gasteiger partial charge in [-0.05, 0) is 24.0 Å². The summed E-state index contributed by atoms with van der Waals surface area (Å²) in [6, 6.07) is 9.92. The molecule has 0 radical (unpaired) electrons. The minimum Gasteiger partial charge on any atom is -0.314 e. The summed E-state index contributed by atoms with van der Waals surface area (Å²) >= 11 is 0. The Labute approximate surface area is 142 Å². The normalized spacial score (nSPS) is 16.7. The van der Waals surface area contributed by atoms with Gasteiger partial charge in [0.05, 0.1) is 0 Å². The molecule has 0 amide bonds. The number of halogens is 2. The van der Waals surface area contributed by atoms with E-state index in [1.54, 1.807) is 0 Å². The highest BCUT2D eigenvalue weighted by Crippen LogP contribution is 2.27. The number of aryl methyl sites for hydroxylation is 1. The predicted molar refractivity (Wildman–Crippen MR) is 97.0 cm³/mol. The zero-order valence-corrected chi connectivity index (χ0v) is 14.9. The van der Waals surface area contributed by atoms with Gasteiger partial charge in [-0.2, -0.15) is 0 Å².